The van der Waals surface area contributed by atoms with Gasteiger partial charge in [0.2, 0.25) is 0 Å². The lowest BCUT2D eigenvalue weighted by atomic mass is 10.2. The third kappa shape index (κ3) is 1.55. The minimum atomic E-state index is -0.255. The Labute approximate surface area is 58.2 Å². The summed E-state index contributed by atoms with van der Waals surface area (Å²) >= 11 is 0. The fraction of sp³-hybridized carbons (Fsp3) is 0. The zero-order valence-corrected chi connectivity index (χ0v) is 5.29. The van der Waals surface area contributed by atoms with Crippen molar-refractivity contribution in [3.63, 3.8) is 0 Å². The summed E-state index contributed by atoms with van der Waals surface area (Å²) < 4.78 is 12.3. The first-order valence-electron chi connectivity index (χ1n) is 2.82. The maximum absolute atomic E-state index is 12.3. The van der Waals surface area contributed by atoms with Crippen molar-refractivity contribution in [2.24, 2.45) is 10.9 Å². The molecule has 0 atom stereocenters. The lowest BCUT2D eigenvalue weighted by Crippen LogP contribution is -1.85. The fourth-order valence-corrected chi connectivity index (χ4v) is 0.635. The second-order valence-corrected chi connectivity index (χ2v) is 1.83. The standard InChI is InChI=1S/C7H7FN2/c8-7-3-1-6(2-4-7)5-10-9/h1-5H,9H2/b10-5-. The average molecular weight is 138 g/mol. The Morgan fingerprint density at radius 1 is 1.30 bits per heavy atom. The molecule has 3 heteroatoms. The van der Waals surface area contributed by atoms with Crippen molar-refractivity contribution in [1.82, 2.24) is 0 Å². The van der Waals surface area contributed by atoms with Crippen LogP contribution in [0.15, 0.2) is 29.4 Å². The van der Waals surface area contributed by atoms with Crippen molar-refractivity contribution >= 4 is 6.21 Å². The number of nitrogens with two attached hydrogens (primary N) is 1. The molecule has 0 bridgehead atoms. The lowest BCUT2D eigenvalue weighted by molar-refractivity contribution is 0.628. The Kier molecular flexibility index (Phi) is 1.99. The van der Waals surface area contributed by atoms with Gasteiger partial charge in [-0.05, 0) is 17.7 Å². The highest BCUT2D eigenvalue weighted by atomic mass is 19.1. The van der Waals surface area contributed by atoms with Gasteiger partial charge in [-0.15, -0.1) is 0 Å². The van der Waals surface area contributed by atoms with E-state index in [1.807, 2.05) is 0 Å². The molecule has 1 rings (SSSR count). The third-order valence-electron chi connectivity index (χ3n) is 1.09. The van der Waals surface area contributed by atoms with Crippen molar-refractivity contribution in [2.75, 3.05) is 0 Å². The molecule has 10 heavy (non-hydrogen) atoms. The SMILES string of the molecule is N/N=C\c1ccc(F)cc1. The zero-order chi connectivity index (χ0) is 7.40. The highest BCUT2D eigenvalue weighted by Crippen LogP contribution is 1.98. The number of hydrogen-bond acceptors (Lipinski definition) is 2. The molecule has 0 spiro atoms. The van der Waals surface area contributed by atoms with Gasteiger partial charge in [-0.1, -0.05) is 12.1 Å². The summed E-state index contributed by atoms with van der Waals surface area (Å²) in [5.74, 6) is 4.62. The summed E-state index contributed by atoms with van der Waals surface area (Å²) in [6, 6.07) is 5.92. The third-order valence-corrected chi connectivity index (χ3v) is 1.09. The minimum Gasteiger partial charge on any atom is -0.323 e. The highest BCUT2D eigenvalue weighted by molar-refractivity contribution is 5.79. The number of hydrazone groups is 1. The Morgan fingerprint density at radius 2 is 1.90 bits per heavy atom. The molecule has 0 saturated carbocycles. The van der Waals surface area contributed by atoms with E-state index in [0.717, 1.165) is 5.56 Å². The van der Waals surface area contributed by atoms with E-state index in [1.165, 1.54) is 18.3 Å². The lowest BCUT2D eigenvalue weighted by Gasteiger charge is -1.89. The van der Waals surface area contributed by atoms with Gasteiger partial charge in [-0.3, -0.25) is 0 Å². The van der Waals surface area contributed by atoms with E-state index in [2.05, 4.69) is 5.10 Å². The summed E-state index contributed by atoms with van der Waals surface area (Å²) in [5, 5.41) is 3.29. The molecule has 2 nitrogen and oxygen atoms in total. The smallest absolute Gasteiger partial charge is 0.123 e. The summed E-state index contributed by atoms with van der Waals surface area (Å²) in [6.07, 6.45) is 1.46. The molecule has 52 valence electrons. The van der Waals surface area contributed by atoms with E-state index >= 15 is 0 Å². The van der Waals surface area contributed by atoms with Crippen LogP contribution in [0.4, 0.5) is 4.39 Å². The Hall–Kier alpha value is -1.38. The van der Waals surface area contributed by atoms with Crippen LogP contribution in [0.3, 0.4) is 0 Å². The van der Waals surface area contributed by atoms with Crippen LogP contribution in [-0.4, -0.2) is 6.21 Å². The van der Waals surface area contributed by atoms with Crippen LogP contribution in [0.1, 0.15) is 5.56 Å². The molecule has 0 radical (unpaired) electrons. The van der Waals surface area contributed by atoms with E-state index in [1.54, 1.807) is 12.1 Å². The van der Waals surface area contributed by atoms with Crippen molar-refractivity contribution < 1.29 is 4.39 Å². The molecule has 1 aromatic carbocycles. The number of hydrogen-bond donors (Lipinski definition) is 1. The molecular weight excluding hydrogens is 131 g/mol. The molecule has 0 aliphatic rings. The predicted octanol–water partition coefficient (Wildman–Crippen LogP) is 1.12. The van der Waals surface area contributed by atoms with Gasteiger partial charge in [0.05, 0.1) is 6.21 Å². The molecule has 0 fully saturated rings. The largest absolute Gasteiger partial charge is 0.323 e. The second kappa shape index (κ2) is 2.96. The molecule has 2 N–H and O–H groups in total. The second-order valence-electron chi connectivity index (χ2n) is 1.83. The van der Waals surface area contributed by atoms with E-state index in [4.69, 9.17) is 5.84 Å². The Morgan fingerprint density at radius 3 is 2.40 bits per heavy atom. The minimum absolute atomic E-state index is 0.255. The topological polar surface area (TPSA) is 38.4 Å². The van der Waals surface area contributed by atoms with Crippen LogP contribution in [0, 0.1) is 5.82 Å². The number of nitrogens with zero attached hydrogens (tertiary/aromatic N) is 1. The van der Waals surface area contributed by atoms with Crippen LogP contribution in [0.25, 0.3) is 0 Å². The molecule has 0 heterocycles. The quantitative estimate of drug-likeness (QED) is 0.352. The Balaban J connectivity index is 2.89. The van der Waals surface area contributed by atoms with Crippen LogP contribution in [0.2, 0.25) is 0 Å². The number of halogens is 1. The van der Waals surface area contributed by atoms with Gasteiger partial charge < -0.3 is 5.84 Å². The van der Waals surface area contributed by atoms with Gasteiger partial charge in [0.1, 0.15) is 5.82 Å². The van der Waals surface area contributed by atoms with Gasteiger partial charge in [0.25, 0.3) is 0 Å². The molecule has 0 aliphatic heterocycles. The first-order valence-corrected chi connectivity index (χ1v) is 2.82. The molecule has 0 aliphatic carbocycles. The van der Waals surface area contributed by atoms with Gasteiger partial charge in [-0.25, -0.2) is 4.39 Å². The molecule has 1 aromatic rings. The van der Waals surface area contributed by atoms with Crippen molar-refractivity contribution in [2.45, 2.75) is 0 Å². The molecule has 0 amide bonds. The van der Waals surface area contributed by atoms with E-state index in [-0.39, 0.29) is 5.82 Å². The first kappa shape index (κ1) is 6.74. The van der Waals surface area contributed by atoms with Crippen LogP contribution >= 0.6 is 0 Å². The number of benzene rings is 1. The van der Waals surface area contributed by atoms with Crippen molar-refractivity contribution in [3.8, 4) is 0 Å². The van der Waals surface area contributed by atoms with Crippen LogP contribution < -0.4 is 5.84 Å². The molecule has 0 aromatic heterocycles. The number of rotatable bonds is 1. The Bertz CT molecular complexity index is 228. The van der Waals surface area contributed by atoms with Crippen LogP contribution in [-0.2, 0) is 0 Å². The predicted molar refractivity (Wildman–Crippen MR) is 38.2 cm³/mol. The van der Waals surface area contributed by atoms with Gasteiger partial charge in [0.15, 0.2) is 0 Å². The molecule has 0 saturated heterocycles. The summed E-state index contributed by atoms with van der Waals surface area (Å²) in [5.41, 5.74) is 0.795. The summed E-state index contributed by atoms with van der Waals surface area (Å²) in [6.45, 7) is 0. The average Bonchev–Trinajstić information content (AvgIpc) is 1.95. The van der Waals surface area contributed by atoms with Gasteiger partial charge in [0, 0.05) is 0 Å². The van der Waals surface area contributed by atoms with E-state index in [0.29, 0.717) is 0 Å². The molecular formula is C7H7FN2. The zero-order valence-electron chi connectivity index (χ0n) is 5.29. The maximum atomic E-state index is 12.3. The summed E-state index contributed by atoms with van der Waals surface area (Å²) in [7, 11) is 0. The normalized spacial score (nSPS) is 10.5. The first-order chi connectivity index (χ1) is 4.83. The maximum Gasteiger partial charge on any atom is 0.123 e. The fourth-order valence-electron chi connectivity index (χ4n) is 0.635. The van der Waals surface area contributed by atoms with Crippen molar-refractivity contribution in [1.29, 1.82) is 0 Å². The summed E-state index contributed by atoms with van der Waals surface area (Å²) in [4.78, 5) is 0. The molecule has 0 unspecified atom stereocenters. The van der Waals surface area contributed by atoms with E-state index in [9.17, 15) is 4.39 Å². The van der Waals surface area contributed by atoms with Gasteiger partial charge in [-0.2, -0.15) is 5.10 Å². The van der Waals surface area contributed by atoms with E-state index < -0.39 is 0 Å². The van der Waals surface area contributed by atoms with Crippen molar-refractivity contribution in [3.05, 3.63) is 35.6 Å². The van der Waals surface area contributed by atoms with Crippen LogP contribution in [0.5, 0.6) is 0 Å². The highest BCUT2D eigenvalue weighted by Gasteiger charge is 1.87. The van der Waals surface area contributed by atoms with Gasteiger partial charge >= 0.3 is 0 Å². The monoisotopic (exact) mass is 138 g/mol.